The average Bonchev–Trinajstić information content (AvgIpc) is 2.60. The first-order valence-corrected chi connectivity index (χ1v) is 4.93. The van der Waals surface area contributed by atoms with Crippen LogP contribution in [0.3, 0.4) is 0 Å². The number of hydrogen-bond donors (Lipinski definition) is 1. The van der Waals surface area contributed by atoms with Crippen molar-refractivity contribution in [2.75, 3.05) is 13.2 Å². The molecular weight excluding hydrogens is 182 g/mol. The summed E-state index contributed by atoms with van der Waals surface area (Å²) in [6.07, 6.45) is 0.745. The van der Waals surface area contributed by atoms with Gasteiger partial charge in [-0.1, -0.05) is 0 Å². The Bertz CT molecular complexity index is 273. The molecule has 0 aliphatic heterocycles. The number of nitrogens with zero attached hydrogens (tertiary/aromatic N) is 3. The molecule has 14 heavy (non-hydrogen) atoms. The lowest BCUT2D eigenvalue weighted by molar-refractivity contribution is 0.148. The molecular formula is C9H17N3O2. The van der Waals surface area contributed by atoms with Gasteiger partial charge in [-0.25, -0.2) is 0 Å². The zero-order valence-corrected chi connectivity index (χ0v) is 8.73. The van der Waals surface area contributed by atoms with Crippen molar-refractivity contribution in [1.82, 2.24) is 14.8 Å². The van der Waals surface area contributed by atoms with Gasteiger partial charge in [0.25, 0.3) is 0 Å². The fourth-order valence-corrected chi connectivity index (χ4v) is 1.35. The van der Waals surface area contributed by atoms with E-state index in [1.165, 1.54) is 0 Å². The van der Waals surface area contributed by atoms with Crippen molar-refractivity contribution in [3.8, 4) is 0 Å². The second-order valence-corrected chi connectivity index (χ2v) is 2.88. The SMILES string of the molecule is CCOCCc1nnc(CO)n1CC. The molecule has 1 aromatic rings. The first-order chi connectivity index (χ1) is 6.83. The lowest BCUT2D eigenvalue weighted by Gasteiger charge is -2.05. The lowest BCUT2D eigenvalue weighted by Crippen LogP contribution is -2.09. The Morgan fingerprint density at radius 2 is 2.00 bits per heavy atom. The van der Waals surface area contributed by atoms with Gasteiger partial charge >= 0.3 is 0 Å². The van der Waals surface area contributed by atoms with Crippen LogP contribution in [0.2, 0.25) is 0 Å². The van der Waals surface area contributed by atoms with E-state index in [1.54, 1.807) is 0 Å². The van der Waals surface area contributed by atoms with Gasteiger partial charge in [0, 0.05) is 19.6 Å². The van der Waals surface area contributed by atoms with Crippen LogP contribution in [0.5, 0.6) is 0 Å². The van der Waals surface area contributed by atoms with Crippen LogP contribution in [0.1, 0.15) is 25.5 Å². The van der Waals surface area contributed by atoms with E-state index in [4.69, 9.17) is 9.84 Å². The van der Waals surface area contributed by atoms with Crippen LogP contribution in [0.15, 0.2) is 0 Å². The van der Waals surface area contributed by atoms with E-state index in [0.717, 1.165) is 18.8 Å². The van der Waals surface area contributed by atoms with Crippen molar-refractivity contribution in [2.24, 2.45) is 0 Å². The maximum atomic E-state index is 8.98. The van der Waals surface area contributed by atoms with Gasteiger partial charge < -0.3 is 14.4 Å². The minimum absolute atomic E-state index is 0.0600. The lowest BCUT2D eigenvalue weighted by atomic mass is 10.4. The Morgan fingerprint density at radius 1 is 1.29 bits per heavy atom. The van der Waals surface area contributed by atoms with Crippen LogP contribution < -0.4 is 0 Å². The van der Waals surface area contributed by atoms with E-state index in [9.17, 15) is 0 Å². The van der Waals surface area contributed by atoms with E-state index in [1.807, 2.05) is 18.4 Å². The third-order valence-corrected chi connectivity index (χ3v) is 2.04. The van der Waals surface area contributed by atoms with Crippen LogP contribution in [-0.2, 0) is 24.3 Å². The summed E-state index contributed by atoms with van der Waals surface area (Å²) in [7, 11) is 0. The second-order valence-electron chi connectivity index (χ2n) is 2.88. The molecule has 0 radical (unpaired) electrons. The third-order valence-electron chi connectivity index (χ3n) is 2.04. The minimum atomic E-state index is -0.0600. The topological polar surface area (TPSA) is 60.2 Å². The van der Waals surface area contributed by atoms with Gasteiger partial charge in [-0.2, -0.15) is 0 Å². The largest absolute Gasteiger partial charge is 0.388 e. The average molecular weight is 199 g/mol. The van der Waals surface area contributed by atoms with Gasteiger partial charge in [0.05, 0.1) is 6.61 Å². The highest BCUT2D eigenvalue weighted by Crippen LogP contribution is 2.03. The van der Waals surface area contributed by atoms with Crippen LogP contribution in [0.25, 0.3) is 0 Å². The van der Waals surface area contributed by atoms with Crippen LogP contribution in [0.4, 0.5) is 0 Å². The molecule has 0 bridgehead atoms. The fourth-order valence-electron chi connectivity index (χ4n) is 1.35. The van der Waals surface area contributed by atoms with Gasteiger partial charge in [-0.15, -0.1) is 10.2 Å². The quantitative estimate of drug-likeness (QED) is 0.672. The molecule has 1 rings (SSSR count). The molecule has 0 saturated carbocycles. The number of aliphatic hydroxyl groups is 1. The Hall–Kier alpha value is -0.940. The smallest absolute Gasteiger partial charge is 0.158 e. The summed E-state index contributed by atoms with van der Waals surface area (Å²) in [6.45, 7) is 6.06. The van der Waals surface area contributed by atoms with E-state index in [-0.39, 0.29) is 6.61 Å². The molecule has 0 aromatic carbocycles. The number of rotatable bonds is 6. The van der Waals surface area contributed by atoms with Crippen molar-refractivity contribution >= 4 is 0 Å². The Morgan fingerprint density at radius 3 is 2.57 bits per heavy atom. The summed E-state index contributed by atoms with van der Waals surface area (Å²) < 4.78 is 7.15. The minimum Gasteiger partial charge on any atom is -0.388 e. The van der Waals surface area contributed by atoms with Crippen molar-refractivity contribution < 1.29 is 9.84 Å². The molecule has 1 aromatic heterocycles. The molecule has 0 fully saturated rings. The maximum Gasteiger partial charge on any atom is 0.158 e. The maximum absolute atomic E-state index is 8.98. The zero-order chi connectivity index (χ0) is 10.4. The van der Waals surface area contributed by atoms with Crippen LogP contribution in [0, 0.1) is 0 Å². The van der Waals surface area contributed by atoms with Crippen molar-refractivity contribution in [1.29, 1.82) is 0 Å². The van der Waals surface area contributed by atoms with Crippen molar-refractivity contribution in [2.45, 2.75) is 33.4 Å². The first kappa shape index (κ1) is 11.1. The summed E-state index contributed by atoms with van der Waals surface area (Å²) in [6, 6.07) is 0. The molecule has 0 aliphatic rings. The normalized spacial score (nSPS) is 10.8. The zero-order valence-electron chi connectivity index (χ0n) is 8.73. The Labute approximate surface area is 83.7 Å². The van der Waals surface area contributed by atoms with Gasteiger partial charge in [-0.05, 0) is 13.8 Å². The van der Waals surface area contributed by atoms with Gasteiger partial charge in [0.15, 0.2) is 5.82 Å². The predicted octanol–water partition coefficient (Wildman–Crippen LogP) is 0.369. The number of ether oxygens (including phenoxy) is 1. The van der Waals surface area contributed by atoms with Crippen molar-refractivity contribution in [3.63, 3.8) is 0 Å². The highest BCUT2D eigenvalue weighted by molar-refractivity contribution is 4.94. The number of hydrogen-bond acceptors (Lipinski definition) is 4. The molecule has 0 atom stereocenters. The van der Waals surface area contributed by atoms with Crippen LogP contribution >= 0.6 is 0 Å². The molecule has 0 unspecified atom stereocenters. The van der Waals surface area contributed by atoms with Gasteiger partial charge in [0.1, 0.15) is 12.4 Å². The van der Waals surface area contributed by atoms with E-state index in [0.29, 0.717) is 19.0 Å². The van der Waals surface area contributed by atoms with E-state index >= 15 is 0 Å². The standard InChI is InChI=1S/C9H17N3O2/c1-3-12-8(5-6-14-4-2)10-11-9(12)7-13/h13H,3-7H2,1-2H3. The van der Waals surface area contributed by atoms with Crippen LogP contribution in [-0.4, -0.2) is 33.1 Å². The van der Waals surface area contributed by atoms with E-state index in [2.05, 4.69) is 10.2 Å². The molecule has 0 saturated heterocycles. The molecule has 0 spiro atoms. The van der Waals surface area contributed by atoms with Crippen molar-refractivity contribution in [3.05, 3.63) is 11.6 Å². The summed E-state index contributed by atoms with van der Waals surface area (Å²) in [5.74, 6) is 1.50. The summed E-state index contributed by atoms with van der Waals surface area (Å²) >= 11 is 0. The molecule has 0 amide bonds. The predicted molar refractivity (Wildman–Crippen MR) is 51.8 cm³/mol. The second kappa shape index (κ2) is 5.72. The molecule has 5 heteroatoms. The highest BCUT2D eigenvalue weighted by atomic mass is 16.5. The first-order valence-electron chi connectivity index (χ1n) is 4.93. The summed E-state index contributed by atoms with van der Waals surface area (Å²) in [5.41, 5.74) is 0. The third kappa shape index (κ3) is 2.52. The monoisotopic (exact) mass is 199 g/mol. The number of aromatic nitrogens is 3. The van der Waals surface area contributed by atoms with Gasteiger partial charge in [0.2, 0.25) is 0 Å². The summed E-state index contributed by atoms with van der Waals surface area (Å²) in [4.78, 5) is 0. The molecule has 1 N–H and O–H groups in total. The Balaban J connectivity index is 2.61. The summed E-state index contributed by atoms with van der Waals surface area (Å²) in [5, 5.41) is 16.9. The molecule has 80 valence electrons. The van der Waals surface area contributed by atoms with Gasteiger partial charge in [-0.3, -0.25) is 0 Å². The Kier molecular flexibility index (Phi) is 4.55. The molecule has 0 aliphatic carbocycles. The van der Waals surface area contributed by atoms with E-state index < -0.39 is 0 Å². The highest BCUT2D eigenvalue weighted by Gasteiger charge is 2.08. The molecule has 5 nitrogen and oxygen atoms in total. The molecule has 1 heterocycles. The fraction of sp³-hybridized carbons (Fsp3) is 0.778. The number of aliphatic hydroxyl groups excluding tert-OH is 1.